The molecule has 5 nitrogen and oxygen atoms in total. The van der Waals surface area contributed by atoms with Gasteiger partial charge in [-0.2, -0.15) is 21.0 Å². The topological polar surface area (TPSA) is 112 Å². The van der Waals surface area contributed by atoms with Gasteiger partial charge in [-0.3, -0.25) is 4.79 Å². The van der Waals surface area contributed by atoms with E-state index >= 15 is 0 Å². The Balaban J connectivity index is 3.11. The Hall–Kier alpha value is -2.37. The van der Waals surface area contributed by atoms with Gasteiger partial charge in [0.2, 0.25) is 0 Å². The highest BCUT2D eigenvalue weighted by Gasteiger charge is 2.57. The molecular formula is C14H9N4O. The highest BCUT2D eigenvalue weighted by atomic mass is 16.1. The van der Waals surface area contributed by atoms with Crippen LogP contribution in [-0.2, 0) is 4.79 Å². The molecule has 0 unspecified atom stereocenters. The largest absolute Gasteiger partial charge is 0.299 e. The van der Waals surface area contributed by atoms with E-state index in [1.165, 1.54) is 0 Å². The fourth-order valence-electron chi connectivity index (χ4n) is 1.81. The number of rotatable bonds is 4. The number of carbonyl (C=O) groups excluding carboxylic acids is 1. The van der Waals surface area contributed by atoms with Gasteiger partial charge in [-0.25, -0.2) is 0 Å². The fourth-order valence-corrected chi connectivity index (χ4v) is 1.81. The van der Waals surface area contributed by atoms with Gasteiger partial charge in [0.15, 0.2) is 0 Å². The smallest absolute Gasteiger partial charge is 0.143 e. The summed E-state index contributed by atoms with van der Waals surface area (Å²) in [6.45, 7) is 1.91. The summed E-state index contributed by atoms with van der Waals surface area (Å²) in [5.41, 5.74) is 0. The van der Waals surface area contributed by atoms with Crippen molar-refractivity contribution in [2.24, 2.45) is 0 Å². The Labute approximate surface area is 112 Å². The molecule has 0 heterocycles. The maximum atomic E-state index is 12.0. The Morgan fingerprint density at radius 2 is 1.32 bits per heavy atom. The molecule has 0 bridgehead atoms. The Morgan fingerprint density at radius 3 is 1.63 bits per heavy atom. The van der Waals surface area contributed by atoms with Gasteiger partial charge in [0, 0.05) is 6.42 Å². The number of hydrogen-bond acceptors (Lipinski definition) is 5. The first-order chi connectivity index (χ1) is 9.15. The quantitative estimate of drug-likeness (QED) is 0.752. The number of ketones is 1. The van der Waals surface area contributed by atoms with Gasteiger partial charge in [0.1, 0.15) is 29.5 Å². The lowest BCUT2D eigenvalue weighted by Crippen LogP contribution is -2.20. The first-order valence-corrected chi connectivity index (χ1v) is 5.66. The van der Waals surface area contributed by atoms with Crippen LogP contribution in [0.4, 0.5) is 0 Å². The number of carbonyl (C=O) groups is 1. The summed E-state index contributed by atoms with van der Waals surface area (Å²) in [6.07, 6.45) is 1.62. The van der Waals surface area contributed by atoms with E-state index in [9.17, 15) is 4.79 Å². The van der Waals surface area contributed by atoms with Crippen molar-refractivity contribution in [3.8, 4) is 24.3 Å². The SMILES string of the molecule is CCCCC(=O)[C]1[C](C#N)[C](C#N)[C](C#N)[C]1C#N. The molecule has 0 aromatic rings. The number of nitriles is 4. The number of nitrogens with zero attached hydrogens (tertiary/aromatic N) is 4. The summed E-state index contributed by atoms with van der Waals surface area (Å²) < 4.78 is 0. The minimum absolute atomic E-state index is 0.0773. The van der Waals surface area contributed by atoms with Crippen molar-refractivity contribution >= 4 is 5.78 Å². The molecule has 0 amide bonds. The van der Waals surface area contributed by atoms with Gasteiger partial charge in [0.05, 0.1) is 30.2 Å². The molecule has 1 rings (SSSR count). The summed E-state index contributed by atoms with van der Waals surface area (Å²) in [5, 5.41) is 36.1. The molecule has 1 aliphatic rings. The van der Waals surface area contributed by atoms with Crippen molar-refractivity contribution in [1.29, 1.82) is 21.0 Å². The molecule has 0 aromatic carbocycles. The van der Waals surface area contributed by atoms with Crippen molar-refractivity contribution in [3.63, 3.8) is 0 Å². The summed E-state index contributed by atoms with van der Waals surface area (Å²) in [7, 11) is 0. The van der Waals surface area contributed by atoms with E-state index < -0.39 is 0 Å². The molecule has 0 spiro atoms. The second-order valence-corrected chi connectivity index (χ2v) is 3.85. The third-order valence-corrected chi connectivity index (χ3v) is 2.73. The van der Waals surface area contributed by atoms with Crippen LogP contribution < -0.4 is 0 Å². The third kappa shape index (κ3) is 2.57. The molecule has 1 saturated carbocycles. The standard InChI is InChI=1S/C14H9N4O/c1-2-3-4-13(19)14-11(7-17)9(5-15)10(6-16)12(14)8-18/h2-4H2,1H3. The maximum Gasteiger partial charge on any atom is 0.143 e. The Bertz CT molecular complexity index is 476. The van der Waals surface area contributed by atoms with Crippen molar-refractivity contribution in [3.05, 3.63) is 29.6 Å². The highest BCUT2D eigenvalue weighted by Crippen LogP contribution is 2.52. The van der Waals surface area contributed by atoms with Gasteiger partial charge in [0.25, 0.3) is 0 Å². The Morgan fingerprint density at radius 1 is 0.895 bits per heavy atom. The first-order valence-electron chi connectivity index (χ1n) is 5.66. The molecule has 19 heavy (non-hydrogen) atoms. The second kappa shape index (κ2) is 6.53. The number of hydrogen-bond donors (Lipinski definition) is 0. The van der Waals surface area contributed by atoms with Gasteiger partial charge in [-0.05, 0) is 6.42 Å². The molecule has 1 fully saturated rings. The molecule has 0 N–H and O–H groups in total. The van der Waals surface area contributed by atoms with Gasteiger partial charge < -0.3 is 0 Å². The third-order valence-electron chi connectivity index (χ3n) is 2.73. The second-order valence-electron chi connectivity index (χ2n) is 3.85. The lowest BCUT2D eigenvalue weighted by Gasteiger charge is -2.12. The van der Waals surface area contributed by atoms with E-state index in [1.54, 1.807) is 24.3 Å². The molecule has 0 aliphatic heterocycles. The van der Waals surface area contributed by atoms with E-state index in [0.717, 1.165) is 6.42 Å². The molecule has 0 atom stereocenters. The van der Waals surface area contributed by atoms with Crippen LogP contribution >= 0.6 is 0 Å². The monoisotopic (exact) mass is 249 g/mol. The molecule has 5 heteroatoms. The van der Waals surface area contributed by atoms with E-state index in [4.69, 9.17) is 21.0 Å². The van der Waals surface area contributed by atoms with Crippen LogP contribution in [0.2, 0.25) is 0 Å². The van der Waals surface area contributed by atoms with Crippen LogP contribution in [0.5, 0.6) is 0 Å². The number of Topliss-reactive ketones (excluding diaryl/α,β-unsaturated/α-hetero) is 1. The van der Waals surface area contributed by atoms with Crippen LogP contribution in [-0.4, -0.2) is 5.78 Å². The van der Waals surface area contributed by atoms with Crippen molar-refractivity contribution in [2.45, 2.75) is 26.2 Å². The zero-order valence-corrected chi connectivity index (χ0v) is 10.3. The van der Waals surface area contributed by atoms with Gasteiger partial charge in [-0.1, -0.05) is 13.3 Å². The summed E-state index contributed by atoms with van der Waals surface area (Å²) >= 11 is 0. The average molecular weight is 249 g/mol. The van der Waals surface area contributed by atoms with Crippen molar-refractivity contribution in [1.82, 2.24) is 0 Å². The van der Waals surface area contributed by atoms with Crippen LogP contribution in [0.15, 0.2) is 0 Å². The molecule has 0 aromatic heterocycles. The molecule has 5 radical (unpaired) electrons. The van der Waals surface area contributed by atoms with Crippen molar-refractivity contribution < 1.29 is 4.79 Å². The van der Waals surface area contributed by atoms with Crippen LogP contribution in [0.1, 0.15) is 26.2 Å². The van der Waals surface area contributed by atoms with E-state index in [1.807, 2.05) is 6.92 Å². The van der Waals surface area contributed by atoms with Crippen LogP contribution in [0.3, 0.4) is 0 Å². The minimum atomic E-state index is -0.368. The molecule has 0 saturated heterocycles. The molecular weight excluding hydrogens is 240 g/mol. The van der Waals surface area contributed by atoms with Crippen molar-refractivity contribution in [2.75, 3.05) is 0 Å². The summed E-state index contributed by atoms with van der Waals surface area (Å²) in [5.74, 6) is -1.12. The van der Waals surface area contributed by atoms with Gasteiger partial charge >= 0.3 is 0 Å². The summed E-state index contributed by atoms with van der Waals surface area (Å²) in [4.78, 5) is 12.0. The first kappa shape index (κ1) is 14.7. The molecule has 1 aliphatic carbocycles. The minimum Gasteiger partial charge on any atom is -0.299 e. The predicted octanol–water partition coefficient (Wildman–Crippen LogP) is 1.73. The maximum absolute atomic E-state index is 12.0. The molecule has 91 valence electrons. The van der Waals surface area contributed by atoms with Crippen LogP contribution in [0.25, 0.3) is 0 Å². The zero-order valence-electron chi connectivity index (χ0n) is 10.3. The normalized spacial score (nSPS) is 18.4. The lowest BCUT2D eigenvalue weighted by molar-refractivity contribution is -0.117. The predicted molar refractivity (Wildman–Crippen MR) is 63.2 cm³/mol. The van der Waals surface area contributed by atoms with Crippen LogP contribution in [0, 0.1) is 74.9 Å². The summed E-state index contributed by atoms with van der Waals surface area (Å²) in [6, 6.07) is 6.96. The van der Waals surface area contributed by atoms with E-state index in [2.05, 4.69) is 0 Å². The number of unbranched alkanes of at least 4 members (excludes halogenated alkanes) is 1. The fraction of sp³-hybridized carbons (Fsp3) is 0.286. The Kier molecular flexibility index (Phi) is 5.05. The van der Waals surface area contributed by atoms with Gasteiger partial charge in [-0.15, -0.1) is 0 Å². The average Bonchev–Trinajstić information content (AvgIpc) is 2.76. The van der Waals surface area contributed by atoms with E-state index in [-0.39, 0.29) is 41.8 Å². The van der Waals surface area contributed by atoms with E-state index in [0.29, 0.717) is 6.42 Å². The lowest BCUT2D eigenvalue weighted by atomic mass is 9.83. The zero-order chi connectivity index (χ0) is 14.4. The highest BCUT2D eigenvalue weighted by molar-refractivity contribution is 6.06.